The van der Waals surface area contributed by atoms with Gasteiger partial charge in [-0.15, -0.1) is 5.10 Å². The number of nitrogens with one attached hydrogen (secondary N) is 1. The molecule has 1 N–H and O–H groups in total. The molecule has 1 aliphatic carbocycles. The summed E-state index contributed by atoms with van der Waals surface area (Å²) in [4.78, 5) is 16.4. The normalized spacial score (nSPS) is 19.3. The van der Waals surface area contributed by atoms with Crippen LogP contribution in [0.1, 0.15) is 43.5 Å². The van der Waals surface area contributed by atoms with Gasteiger partial charge in [0.05, 0.1) is 59.6 Å². The zero-order valence-electron chi connectivity index (χ0n) is 26.1. The van der Waals surface area contributed by atoms with Crippen molar-refractivity contribution >= 4 is 40.4 Å². The maximum atomic E-state index is 9.96. The average molecular weight is 639 g/mol. The zero-order chi connectivity index (χ0) is 32.0. The van der Waals surface area contributed by atoms with E-state index in [1.165, 1.54) is 10.7 Å². The maximum Gasteiger partial charge on any atom is 0.247 e. The smallest absolute Gasteiger partial charge is 0.247 e. The fraction of sp³-hybridized carbons (Fsp3) is 0.424. The first-order valence-corrected chi connectivity index (χ1v) is 15.8. The molecule has 4 heterocycles. The monoisotopic (exact) mass is 638 g/mol. The Hall–Kier alpha value is -4.62. The molecule has 1 atom stereocenters. The predicted molar refractivity (Wildman–Crippen MR) is 175 cm³/mol. The number of nitriles is 2. The Balaban J connectivity index is 1.23. The molecule has 0 unspecified atom stereocenters. The molecule has 4 aromatic rings. The van der Waals surface area contributed by atoms with E-state index in [1.54, 1.807) is 13.2 Å². The van der Waals surface area contributed by atoms with Crippen molar-refractivity contribution in [2.24, 2.45) is 0 Å². The predicted octanol–water partition coefficient (Wildman–Crippen LogP) is 4.74. The van der Waals surface area contributed by atoms with Crippen LogP contribution >= 0.6 is 11.6 Å². The largest absolute Gasteiger partial charge is 0.497 e. The van der Waals surface area contributed by atoms with E-state index in [9.17, 15) is 10.5 Å². The lowest BCUT2D eigenvalue weighted by molar-refractivity contribution is -0.116. The molecule has 13 heteroatoms. The Labute approximate surface area is 272 Å². The molecule has 0 amide bonds. The Morgan fingerprint density at radius 3 is 2.67 bits per heavy atom. The van der Waals surface area contributed by atoms with Crippen LogP contribution in [0.25, 0.3) is 5.65 Å². The number of rotatable bonds is 8. The van der Waals surface area contributed by atoms with Gasteiger partial charge in [0.25, 0.3) is 0 Å². The molecule has 2 saturated heterocycles. The van der Waals surface area contributed by atoms with Crippen LogP contribution in [0.2, 0.25) is 5.02 Å². The lowest BCUT2D eigenvalue weighted by Crippen LogP contribution is -2.62. The van der Waals surface area contributed by atoms with Gasteiger partial charge in [-0.05, 0) is 56.5 Å². The number of imidazole rings is 1. The van der Waals surface area contributed by atoms with Gasteiger partial charge in [-0.1, -0.05) is 23.7 Å². The van der Waals surface area contributed by atoms with E-state index in [1.807, 2.05) is 30.3 Å². The third-order valence-corrected chi connectivity index (χ3v) is 9.25. The lowest BCUT2D eigenvalue weighted by Gasteiger charge is -2.49. The SMILES string of the molecule is COc1ccc(CN(c2nc(Nc3cc(C#N)cc(N4CCN5CC(C)(C)OC[C@@H]5C4)c3Cl)nn3c(C#N)cnc23)C2CC2)cc1. The van der Waals surface area contributed by atoms with Gasteiger partial charge in [0, 0.05) is 38.8 Å². The molecule has 236 valence electrons. The lowest BCUT2D eigenvalue weighted by atomic mass is 10.0. The molecule has 2 aromatic heterocycles. The van der Waals surface area contributed by atoms with Crippen molar-refractivity contribution in [3.63, 3.8) is 0 Å². The van der Waals surface area contributed by atoms with Crippen molar-refractivity contribution in [1.29, 1.82) is 10.5 Å². The number of hydrogen-bond donors (Lipinski definition) is 1. The summed E-state index contributed by atoms with van der Waals surface area (Å²) in [6, 6.07) is 16.5. The topological polar surface area (TPSA) is 131 Å². The van der Waals surface area contributed by atoms with Crippen LogP contribution < -0.4 is 19.9 Å². The summed E-state index contributed by atoms with van der Waals surface area (Å²) in [5.74, 6) is 1.65. The van der Waals surface area contributed by atoms with E-state index in [0.29, 0.717) is 40.9 Å². The Bertz CT molecular complexity index is 1860. The summed E-state index contributed by atoms with van der Waals surface area (Å²) in [5, 5.41) is 28.2. The molecule has 12 nitrogen and oxygen atoms in total. The first-order valence-electron chi connectivity index (χ1n) is 15.4. The third kappa shape index (κ3) is 5.87. The molecule has 0 bridgehead atoms. The van der Waals surface area contributed by atoms with Crippen molar-refractivity contribution in [2.45, 2.75) is 50.9 Å². The minimum atomic E-state index is -0.168. The van der Waals surface area contributed by atoms with E-state index in [-0.39, 0.29) is 29.3 Å². The molecule has 0 spiro atoms. The van der Waals surface area contributed by atoms with E-state index < -0.39 is 0 Å². The van der Waals surface area contributed by atoms with Crippen LogP contribution in [0.3, 0.4) is 0 Å². The van der Waals surface area contributed by atoms with Crippen molar-refractivity contribution in [3.8, 4) is 17.9 Å². The van der Waals surface area contributed by atoms with Gasteiger partial charge < -0.3 is 24.6 Å². The summed E-state index contributed by atoms with van der Waals surface area (Å²) in [7, 11) is 1.65. The van der Waals surface area contributed by atoms with Gasteiger partial charge in [0.15, 0.2) is 17.2 Å². The minimum Gasteiger partial charge on any atom is -0.497 e. The molecular weight excluding hydrogens is 604 g/mol. The highest BCUT2D eigenvalue weighted by atomic mass is 35.5. The second-order valence-corrected chi connectivity index (χ2v) is 13.1. The van der Waals surface area contributed by atoms with Crippen LogP contribution in [-0.2, 0) is 11.3 Å². The van der Waals surface area contributed by atoms with Crippen molar-refractivity contribution in [2.75, 3.05) is 55.0 Å². The quantitative estimate of drug-likeness (QED) is 0.287. The number of hydrogen-bond acceptors (Lipinski definition) is 11. The average Bonchev–Trinajstić information content (AvgIpc) is 3.82. The summed E-state index contributed by atoms with van der Waals surface area (Å²) in [6.45, 7) is 8.74. The van der Waals surface area contributed by atoms with Crippen molar-refractivity contribution < 1.29 is 9.47 Å². The van der Waals surface area contributed by atoms with E-state index >= 15 is 0 Å². The van der Waals surface area contributed by atoms with Gasteiger partial charge in [0.1, 0.15) is 11.8 Å². The molecular formula is C33H35ClN10O2. The summed E-state index contributed by atoms with van der Waals surface area (Å²) in [6.07, 6.45) is 3.56. The van der Waals surface area contributed by atoms with Gasteiger partial charge in [-0.3, -0.25) is 4.90 Å². The number of methoxy groups -OCH3 is 1. The third-order valence-electron chi connectivity index (χ3n) is 8.86. The van der Waals surface area contributed by atoms with Gasteiger partial charge >= 0.3 is 0 Å². The molecule has 7 rings (SSSR count). The van der Waals surface area contributed by atoms with Crippen LogP contribution in [0.15, 0.2) is 42.6 Å². The number of fused-ring (bicyclic) bond motifs is 2. The summed E-state index contributed by atoms with van der Waals surface area (Å²) < 4.78 is 13.0. The first-order chi connectivity index (χ1) is 22.2. The highest BCUT2D eigenvalue weighted by Gasteiger charge is 2.38. The highest BCUT2D eigenvalue weighted by Crippen LogP contribution is 2.39. The Kier molecular flexibility index (Phi) is 7.81. The van der Waals surface area contributed by atoms with Gasteiger partial charge in [0.2, 0.25) is 5.95 Å². The number of nitrogens with zero attached hydrogens (tertiary/aromatic N) is 9. The minimum absolute atomic E-state index is 0.168. The molecule has 3 fully saturated rings. The standard InChI is InChI=1S/C33H35ClN10O2/c1-33(2)20-42-11-10-41(18-25(42)19-46-33)28-13-22(14-35)12-27(29(28)34)38-32-39-31(30-37-16-24(15-36)44(30)40-32)43(23-6-7-23)17-21-4-8-26(45-3)9-5-21/h4-5,8-9,12-13,16,23,25H,6-7,10-11,17-20H2,1-3H3,(H,38,40)/t25-/m0/s1. The second kappa shape index (κ2) is 12.0. The van der Waals surface area contributed by atoms with Crippen LogP contribution in [-0.4, -0.2) is 82.1 Å². The molecule has 2 aromatic carbocycles. The fourth-order valence-corrected chi connectivity index (χ4v) is 6.61. The molecule has 3 aliphatic rings. The van der Waals surface area contributed by atoms with Crippen LogP contribution in [0, 0.1) is 22.7 Å². The number of benzene rings is 2. The van der Waals surface area contributed by atoms with E-state index in [0.717, 1.165) is 56.0 Å². The molecule has 2 aliphatic heterocycles. The van der Waals surface area contributed by atoms with Crippen molar-refractivity contribution in [3.05, 3.63) is 64.4 Å². The molecule has 46 heavy (non-hydrogen) atoms. The summed E-state index contributed by atoms with van der Waals surface area (Å²) >= 11 is 7.09. The van der Waals surface area contributed by atoms with Crippen LogP contribution in [0.5, 0.6) is 5.75 Å². The number of aromatic nitrogens is 4. The van der Waals surface area contributed by atoms with Gasteiger partial charge in [-0.25, -0.2) is 4.98 Å². The number of halogens is 1. The van der Waals surface area contributed by atoms with E-state index in [4.69, 9.17) is 26.1 Å². The number of morpholine rings is 1. The Morgan fingerprint density at radius 2 is 1.96 bits per heavy atom. The number of piperazine rings is 1. The fourth-order valence-electron chi connectivity index (χ4n) is 6.33. The molecule has 0 radical (unpaired) electrons. The molecule has 1 saturated carbocycles. The zero-order valence-corrected chi connectivity index (χ0v) is 26.8. The van der Waals surface area contributed by atoms with Gasteiger partial charge in [-0.2, -0.15) is 20.0 Å². The Morgan fingerprint density at radius 1 is 1.15 bits per heavy atom. The number of anilines is 4. The number of ether oxygens (including phenoxy) is 2. The van der Waals surface area contributed by atoms with E-state index in [2.05, 4.69) is 56.1 Å². The van der Waals surface area contributed by atoms with Crippen LogP contribution in [0.4, 0.5) is 23.1 Å². The maximum absolute atomic E-state index is 9.96. The highest BCUT2D eigenvalue weighted by molar-refractivity contribution is 6.36. The summed E-state index contributed by atoms with van der Waals surface area (Å²) in [5.41, 5.74) is 3.45. The second-order valence-electron chi connectivity index (χ2n) is 12.7. The van der Waals surface area contributed by atoms with Crippen molar-refractivity contribution in [1.82, 2.24) is 24.5 Å². The first kappa shape index (κ1) is 30.1.